The molecule has 0 amide bonds. The molecule has 3 rings (SSSR count). The molecule has 19 heavy (non-hydrogen) atoms. The Morgan fingerprint density at radius 3 is 2.37 bits per heavy atom. The number of ketones is 1. The first-order valence-corrected chi connectivity index (χ1v) is 7.02. The van der Waals surface area contributed by atoms with Crippen molar-refractivity contribution in [2.75, 3.05) is 0 Å². The van der Waals surface area contributed by atoms with E-state index in [-0.39, 0.29) is 5.78 Å². The van der Waals surface area contributed by atoms with Crippen LogP contribution in [-0.2, 0) is 6.42 Å². The topological polar surface area (TPSA) is 17.1 Å². The summed E-state index contributed by atoms with van der Waals surface area (Å²) in [6.07, 6.45) is 2.58. The summed E-state index contributed by atoms with van der Waals surface area (Å²) >= 11 is 12.0. The summed E-state index contributed by atoms with van der Waals surface area (Å²) in [5.41, 5.74) is 4.11. The van der Waals surface area contributed by atoms with Crippen LogP contribution in [0.1, 0.15) is 28.8 Å². The van der Waals surface area contributed by atoms with E-state index in [2.05, 4.69) is 6.07 Å². The van der Waals surface area contributed by atoms with Gasteiger partial charge in [0.05, 0.1) is 10.0 Å². The number of halogens is 2. The predicted molar refractivity (Wildman–Crippen MR) is 79.2 cm³/mol. The lowest BCUT2D eigenvalue weighted by Gasteiger charge is -2.15. The summed E-state index contributed by atoms with van der Waals surface area (Å²) in [5, 5.41) is 1.10. The fourth-order valence-electron chi connectivity index (χ4n) is 2.50. The maximum atomic E-state index is 11.8. The van der Waals surface area contributed by atoms with Gasteiger partial charge in [-0.25, -0.2) is 0 Å². The average Bonchev–Trinajstić information content (AvgIpc) is 2.42. The molecule has 3 heteroatoms. The molecule has 0 radical (unpaired) electrons. The summed E-state index contributed by atoms with van der Waals surface area (Å²) in [4.78, 5) is 11.8. The van der Waals surface area contributed by atoms with Gasteiger partial charge in [-0.15, -0.1) is 0 Å². The van der Waals surface area contributed by atoms with Crippen molar-refractivity contribution < 1.29 is 4.79 Å². The smallest absolute Gasteiger partial charge is 0.163 e. The maximum Gasteiger partial charge on any atom is 0.163 e. The number of hydrogen-bond acceptors (Lipinski definition) is 1. The molecule has 0 unspecified atom stereocenters. The molecule has 0 fully saturated rings. The van der Waals surface area contributed by atoms with E-state index < -0.39 is 0 Å². The van der Waals surface area contributed by atoms with E-state index in [0.29, 0.717) is 16.5 Å². The Labute approximate surface area is 122 Å². The van der Waals surface area contributed by atoms with Crippen molar-refractivity contribution in [1.82, 2.24) is 0 Å². The number of aryl methyl sites for hydroxylation is 1. The molecule has 0 aliphatic heterocycles. The molecule has 2 aromatic carbocycles. The van der Waals surface area contributed by atoms with Gasteiger partial charge in [-0.2, -0.15) is 0 Å². The van der Waals surface area contributed by atoms with Crippen molar-refractivity contribution in [2.45, 2.75) is 19.3 Å². The molecule has 0 heterocycles. The SMILES string of the molecule is O=C1CCCc2cc(-c3ccc(Cl)c(Cl)c3)ccc21. The zero-order valence-corrected chi connectivity index (χ0v) is 11.8. The summed E-state index contributed by atoms with van der Waals surface area (Å²) in [6, 6.07) is 11.6. The third kappa shape index (κ3) is 2.41. The van der Waals surface area contributed by atoms with E-state index in [4.69, 9.17) is 23.2 Å². The highest BCUT2D eigenvalue weighted by atomic mass is 35.5. The first-order valence-electron chi connectivity index (χ1n) is 6.27. The van der Waals surface area contributed by atoms with E-state index in [1.54, 1.807) is 6.07 Å². The van der Waals surface area contributed by atoms with Crippen LogP contribution in [0.2, 0.25) is 10.0 Å². The fraction of sp³-hybridized carbons (Fsp3) is 0.188. The lowest BCUT2D eigenvalue weighted by atomic mass is 9.88. The molecule has 0 bridgehead atoms. The number of fused-ring (bicyclic) bond motifs is 1. The lowest BCUT2D eigenvalue weighted by Crippen LogP contribution is -2.10. The number of carbonyl (C=O) groups excluding carboxylic acids is 1. The van der Waals surface area contributed by atoms with Gasteiger partial charge in [0, 0.05) is 12.0 Å². The van der Waals surface area contributed by atoms with E-state index in [1.165, 1.54) is 0 Å². The van der Waals surface area contributed by atoms with Crippen molar-refractivity contribution in [3.05, 3.63) is 57.6 Å². The predicted octanol–water partition coefficient (Wildman–Crippen LogP) is 5.18. The summed E-state index contributed by atoms with van der Waals surface area (Å²) in [5.74, 6) is 0.252. The Hall–Kier alpha value is -1.31. The van der Waals surface area contributed by atoms with Crippen LogP contribution in [-0.4, -0.2) is 5.78 Å². The fourth-order valence-corrected chi connectivity index (χ4v) is 2.80. The van der Waals surface area contributed by atoms with Gasteiger partial charge in [0.2, 0.25) is 0 Å². The number of hydrogen-bond donors (Lipinski definition) is 0. The van der Waals surface area contributed by atoms with Gasteiger partial charge < -0.3 is 0 Å². The second-order valence-corrected chi connectivity index (χ2v) is 5.59. The molecule has 0 N–H and O–H groups in total. The third-order valence-electron chi connectivity index (χ3n) is 3.51. The molecular formula is C16H12Cl2O. The Kier molecular flexibility index (Phi) is 3.34. The largest absolute Gasteiger partial charge is 0.294 e. The van der Waals surface area contributed by atoms with Crippen molar-refractivity contribution in [2.24, 2.45) is 0 Å². The maximum absolute atomic E-state index is 11.8. The number of rotatable bonds is 1. The van der Waals surface area contributed by atoms with E-state index in [9.17, 15) is 4.79 Å². The second kappa shape index (κ2) is 4.99. The van der Waals surface area contributed by atoms with Crippen LogP contribution < -0.4 is 0 Å². The molecule has 0 saturated heterocycles. The van der Waals surface area contributed by atoms with Crippen molar-refractivity contribution in [1.29, 1.82) is 0 Å². The normalized spacial score (nSPS) is 14.3. The van der Waals surface area contributed by atoms with Crippen molar-refractivity contribution >= 4 is 29.0 Å². The Balaban J connectivity index is 2.06. The Morgan fingerprint density at radius 1 is 0.842 bits per heavy atom. The highest BCUT2D eigenvalue weighted by Gasteiger charge is 2.17. The quantitative estimate of drug-likeness (QED) is 0.707. The van der Waals surface area contributed by atoms with Crippen LogP contribution in [0, 0.1) is 0 Å². The van der Waals surface area contributed by atoms with Crippen LogP contribution in [0.5, 0.6) is 0 Å². The van der Waals surface area contributed by atoms with Gasteiger partial charge in [-0.1, -0.05) is 47.5 Å². The first kappa shape index (κ1) is 12.7. The minimum absolute atomic E-state index is 0.252. The van der Waals surface area contributed by atoms with Crippen molar-refractivity contribution in [3.63, 3.8) is 0 Å². The molecule has 0 atom stereocenters. The summed E-state index contributed by atoms with van der Waals surface area (Å²) in [7, 11) is 0. The van der Waals surface area contributed by atoms with Gasteiger partial charge in [0.1, 0.15) is 0 Å². The number of benzene rings is 2. The number of carbonyl (C=O) groups is 1. The highest BCUT2D eigenvalue weighted by Crippen LogP contribution is 2.31. The lowest BCUT2D eigenvalue weighted by molar-refractivity contribution is 0.0972. The first-order chi connectivity index (χ1) is 9.15. The van der Waals surface area contributed by atoms with Crippen LogP contribution in [0.15, 0.2) is 36.4 Å². The van der Waals surface area contributed by atoms with Crippen LogP contribution in [0.25, 0.3) is 11.1 Å². The van der Waals surface area contributed by atoms with E-state index in [1.807, 2.05) is 24.3 Å². The van der Waals surface area contributed by atoms with Gasteiger partial charge in [0.15, 0.2) is 5.78 Å². The van der Waals surface area contributed by atoms with Gasteiger partial charge >= 0.3 is 0 Å². The summed E-state index contributed by atoms with van der Waals surface area (Å²) in [6.45, 7) is 0. The standard InChI is InChI=1S/C16H12Cl2O/c17-14-7-5-11(9-15(14)18)10-4-6-13-12(8-10)2-1-3-16(13)19/h4-9H,1-3H2. The van der Waals surface area contributed by atoms with E-state index >= 15 is 0 Å². The Bertz CT molecular complexity index is 662. The van der Waals surface area contributed by atoms with Crippen LogP contribution in [0.3, 0.4) is 0 Å². The molecule has 0 saturated carbocycles. The molecule has 0 spiro atoms. The third-order valence-corrected chi connectivity index (χ3v) is 4.25. The van der Waals surface area contributed by atoms with Gasteiger partial charge in [-0.05, 0) is 41.7 Å². The summed E-state index contributed by atoms with van der Waals surface area (Å²) < 4.78 is 0. The Morgan fingerprint density at radius 2 is 1.58 bits per heavy atom. The van der Waals surface area contributed by atoms with Gasteiger partial charge in [-0.3, -0.25) is 4.79 Å². The monoisotopic (exact) mass is 290 g/mol. The molecule has 0 aromatic heterocycles. The zero-order valence-electron chi connectivity index (χ0n) is 10.2. The number of Topliss-reactive ketones (excluding diaryl/α,β-unsaturated/α-hetero) is 1. The van der Waals surface area contributed by atoms with Gasteiger partial charge in [0.25, 0.3) is 0 Å². The minimum Gasteiger partial charge on any atom is -0.294 e. The molecule has 1 aliphatic rings. The van der Waals surface area contributed by atoms with Crippen molar-refractivity contribution in [3.8, 4) is 11.1 Å². The van der Waals surface area contributed by atoms with Crippen LogP contribution >= 0.6 is 23.2 Å². The van der Waals surface area contributed by atoms with E-state index in [0.717, 1.165) is 35.1 Å². The molecule has 1 nitrogen and oxygen atoms in total. The molecular weight excluding hydrogens is 279 g/mol. The molecule has 2 aromatic rings. The zero-order chi connectivity index (χ0) is 13.4. The second-order valence-electron chi connectivity index (χ2n) is 4.78. The highest BCUT2D eigenvalue weighted by molar-refractivity contribution is 6.42. The average molecular weight is 291 g/mol. The molecule has 96 valence electrons. The molecule has 1 aliphatic carbocycles. The van der Waals surface area contributed by atoms with Crippen LogP contribution in [0.4, 0.5) is 0 Å². The minimum atomic E-state index is 0.252.